The van der Waals surface area contributed by atoms with Gasteiger partial charge in [0.25, 0.3) is 0 Å². The third-order valence-corrected chi connectivity index (χ3v) is 4.86. The Balaban J connectivity index is 0.00000341. The molecule has 0 spiro atoms. The summed E-state index contributed by atoms with van der Waals surface area (Å²) in [5.41, 5.74) is 0.0793. The van der Waals surface area contributed by atoms with Crippen LogP contribution in [0.3, 0.4) is 0 Å². The van der Waals surface area contributed by atoms with E-state index in [1.54, 1.807) is 6.07 Å². The molecule has 0 bridgehead atoms. The number of alkyl halides is 3. The highest BCUT2D eigenvalue weighted by molar-refractivity contribution is 14.0. The van der Waals surface area contributed by atoms with E-state index in [1.807, 2.05) is 40.9 Å². The van der Waals surface area contributed by atoms with Gasteiger partial charge in [0, 0.05) is 50.8 Å². The topological polar surface area (TPSA) is 53.8 Å². The molecule has 0 amide bonds. The summed E-state index contributed by atoms with van der Waals surface area (Å²) < 4.78 is 48.4. The van der Waals surface area contributed by atoms with Crippen LogP contribution in [0.1, 0.15) is 18.1 Å². The molecule has 0 radical (unpaired) electrons. The molecule has 1 aromatic carbocycles. The van der Waals surface area contributed by atoms with Crippen molar-refractivity contribution in [1.29, 1.82) is 0 Å². The number of morpholine rings is 1. The summed E-state index contributed by atoms with van der Waals surface area (Å²) in [7, 11) is 0. The standard InChI is InChI=1S/C21H28F3N5O.HI/c1-2-25-20(26-7-10-28-8-3-4-9-28)27-16-17-5-6-18(15-19(17)21(22,23)24)29-11-13-30-14-12-29;/h3-6,8-9,15H,2,7,10-14,16H2,1H3,(H2,25,26,27);1H. The van der Waals surface area contributed by atoms with Crippen LogP contribution < -0.4 is 15.5 Å². The van der Waals surface area contributed by atoms with Gasteiger partial charge in [-0.05, 0) is 36.8 Å². The number of hydrogen-bond donors (Lipinski definition) is 2. The van der Waals surface area contributed by atoms with Crippen LogP contribution in [0.4, 0.5) is 18.9 Å². The van der Waals surface area contributed by atoms with Gasteiger partial charge in [0.05, 0.1) is 25.3 Å². The Morgan fingerprint density at radius 3 is 2.48 bits per heavy atom. The molecule has 2 heterocycles. The first-order valence-electron chi connectivity index (χ1n) is 10.1. The van der Waals surface area contributed by atoms with Gasteiger partial charge in [-0.1, -0.05) is 6.07 Å². The van der Waals surface area contributed by atoms with E-state index in [1.165, 1.54) is 12.1 Å². The van der Waals surface area contributed by atoms with E-state index < -0.39 is 11.7 Å². The molecule has 0 saturated carbocycles. The average Bonchev–Trinajstić information content (AvgIpc) is 3.25. The van der Waals surface area contributed by atoms with Crippen molar-refractivity contribution in [3.05, 3.63) is 53.9 Å². The Labute approximate surface area is 197 Å². The number of halogens is 4. The summed E-state index contributed by atoms with van der Waals surface area (Å²) in [6.07, 6.45) is -0.526. The molecule has 3 rings (SSSR count). The van der Waals surface area contributed by atoms with Crippen LogP contribution in [0, 0.1) is 0 Å². The van der Waals surface area contributed by atoms with Gasteiger partial charge in [-0.15, -0.1) is 24.0 Å². The molecular weight excluding hydrogens is 522 g/mol. The number of aromatic nitrogens is 1. The molecule has 2 N–H and O–H groups in total. The van der Waals surface area contributed by atoms with E-state index in [9.17, 15) is 13.2 Å². The molecule has 1 fully saturated rings. The Kier molecular flexibility index (Phi) is 9.94. The first kappa shape index (κ1) is 25.3. The number of nitrogens with zero attached hydrogens (tertiary/aromatic N) is 3. The van der Waals surface area contributed by atoms with Crippen LogP contribution in [-0.2, 0) is 24.0 Å². The number of benzene rings is 1. The lowest BCUT2D eigenvalue weighted by molar-refractivity contribution is -0.138. The lowest BCUT2D eigenvalue weighted by Gasteiger charge is -2.29. The molecule has 6 nitrogen and oxygen atoms in total. The maximum Gasteiger partial charge on any atom is 0.416 e. The first-order valence-corrected chi connectivity index (χ1v) is 10.1. The van der Waals surface area contributed by atoms with E-state index in [2.05, 4.69) is 15.6 Å². The summed E-state index contributed by atoms with van der Waals surface area (Å²) in [5.74, 6) is 0.495. The largest absolute Gasteiger partial charge is 0.416 e. The number of anilines is 1. The molecule has 172 valence electrons. The summed E-state index contributed by atoms with van der Waals surface area (Å²) >= 11 is 0. The second-order valence-electron chi connectivity index (χ2n) is 6.98. The average molecular weight is 551 g/mol. The number of ether oxygens (including phenoxy) is 1. The summed E-state index contributed by atoms with van der Waals surface area (Å²) in [6, 6.07) is 8.37. The summed E-state index contributed by atoms with van der Waals surface area (Å²) in [5, 5.41) is 6.25. The van der Waals surface area contributed by atoms with Crippen LogP contribution in [0.2, 0.25) is 0 Å². The zero-order valence-electron chi connectivity index (χ0n) is 17.5. The molecule has 0 unspecified atom stereocenters. The van der Waals surface area contributed by atoms with Crippen molar-refractivity contribution >= 4 is 35.6 Å². The van der Waals surface area contributed by atoms with Gasteiger partial charge in [-0.3, -0.25) is 0 Å². The highest BCUT2D eigenvalue weighted by Gasteiger charge is 2.34. The zero-order valence-corrected chi connectivity index (χ0v) is 19.8. The van der Waals surface area contributed by atoms with E-state index >= 15 is 0 Å². The third-order valence-electron chi connectivity index (χ3n) is 4.86. The minimum absolute atomic E-state index is 0. The fourth-order valence-electron chi connectivity index (χ4n) is 3.31. The Morgan fingerprint density at radius 2 is 1.84 bits per heavy atom. The van der Waals surface area contributed by atoms with Gasteiger partial charge < -0.3 is 24.8 Å². The number of rotatable bonds is 7. The lowest BCUT2D eigenvalue weighted by Crippen LogP contribution is -2.38. The minimum atomic E-state index is -4.44. The molecule has 2 aromatic rings. The number of guanidine groups is 1. The van der Waals surface area contributed by atoms with Crippen LogP contribution in [0.5, 0.6) is 0 Å². The molecular formula is C21H29F3IN5O. The minimum Gasteiger partial charge on any atom is -0.378 e. The predicted molar refractivity (Wildman–Crippen MR) is 127 cm³/mol. The van der Waals surface area contributed by atoms with Crippen molar-refractivity contribution in [2.45, 2.75) is 26.2 Å². The van der Waals surface area contributed by atoms with E-state index in [-0.39, 0.29) is 36.1 Å². The lowest BCUT2D eigenvalue weighted by atomic mass is 10.1. The fraction of sp³-hybridized carbons (Fsp3) is 0.476. The molecule has 31 heavy (non-hydrogen) atoms. The molecule has 1 aromatic heterocycles. The van der Waals surface area contributed by atoms with E-state index in [4.69, 9.17) is 4.74 Å². The molecule has 10 heteroatoms. The van der Waals surface area contributed by atoms with Crippen molar-refractivity contribution in [3.8, 4) is 0 Å². The van der Waals surface area contributed by atoms with Crippen LogP contribution >= 0.6 is 24.0 Å². The van der Waals surface area contributed by atoms with Gasteiger partial charge >= 0.3 is 6.18 Å². The fourth-order valence-corrected chi connectivity index (χ4v) is 3.31. The van der Waals surface area contributed by atoms with Crippen molar-refractivity contribution in [3.63, 3.8) is 0 Å². The Hall–Kier alpha value is -1.95. The Morgan fingerprint density at radius 1 is 1.13 bits per heavy atom. The van der Waals surface area contributed by atoms with Gasteiger partial charge in [-0.2, -0.15) is 13.2 Å². The van der Waals surface area contributed by atoms with E-state index in [0.717, 1.165) is 6.54 Å². The molecule has 0 atom stereocenters. The van der Waals surface area contributed by atoms with Crippen molar-refractivity contribution < 1.29 is 17.9 Å². The predicted octanol–water partition coefficient (Wildman–Crippen LogP) is 3.72. The van der Waals surface area contributed by atoms with E-state index in [0.29, 0.717) is 51.0 Å². The monoisotopic (exact) mass is 551 g/mol. The summed E-state index contributed by atoms with van der Waals surface area (Å²) in [4.78, 5) is 6.29. The number of nitrogens with one attached hydrogen (secondary N) is 2. The molecule has 1 aliphatic rings. The first-order chi connectivity index (χ1) is 14.5. The third kappa shape index (κ3) is 7.60. The maximum atomic E-state index is 13.7. The van der Waals surface area contributed by atoms with Gasteiger partial charge in [0.15, 0.2) is 5.96 Å². The Bertz CT molecular complexity index is 821. The highest BCUT2D eigenvalue weighted by Crippen LogP contribution is 2.35. The van der Waals surface area contributed by atoms with Gasteiger partial charge in [-0.25, -0.2) is 4.99 Å². The van der Waals surface area contributed by atoms with Crippen molar-refractivity contribution in [2.24, 2.45) is 4.99 Å². The van der Waals surface area contributed by atoms with Crippen molar-refractivity contribution in [1.82, 2.24) is 15.2 Å². The number of hydrogen-bond acceptors (Lipinski definition) is 3. The molecule has 0 aliphatic carbocycles. The second kappa shape index (κ2) is 12.2. The van der Waals surface area contributed by atoms with Crippen LogP contribution in [-0.4, -0.2) is 49.9 Å². The SMILES string of the molecule is CCNC(=NCc1ccc(N2CCOCC2)cc1C(F)(F)F)NCCn1cccc1.I. The zero-order chi connectivity index (χ0) is 21.4. The second-order valence-corrected chi connectivity index (χ2v) is 6.98. The highest BCUT2D eigenvalue weighted by atomic mass is 127. The van der Waals surface area contributed by atoms with Crippen molar-refractivity contribution in [2.75, 3.05) is 44.3 Å². The quantitative estimate of drug-likeness (QED) is 0.313. The van der Waals surface area contributed by atoms with Gasteiger partial charge in [0.2, 0.25) is 0 Å². The molecule has 1 aliphatic heterocycles. The smallest absolute Gasteiger partial charge is 0.378 e. The van der Waals surface area contributed by atoms with Gasteiger partial charge in [0.1, 0.15) is 0 Å². The molecule has 1 saturated heterocycles. The summed E-state index contributed by atoms with van der Waals surface area (Å²) in [6.45, 7) is 6.05. The van der Waals surface area contributed by atoms with Crippen LogP contribution in [0.25, 0.3) is 0 Å². The maximum absolute atomic E-state index is 13.7. The normalized spacial score (nSPS) is 14.8. The van der Waals surface area contributed by atoms with Crippen LogP contribution in [0.15, 0.2) is 47.7 Å². The number of aliphatic imine (C=N–C) groups is 1.